The maximum atomic E-state index is 11.2. The number of carboxylic acid groups (broad SMARTS) is 1. The fourth-order valence-electron chi connectivity index (χ4n) is 1.85. The van der Waals surface area contributed by atoms with Crippen LogP contribution in [0.25, 0.3) is 0 Å². The van der Waals surface area contributed by atoms with Gasteiger partial charge in [-0.3, -0.25) is 0 Å². The lowest BCUT2D eigenvalue weighted by Crippen LogP contribution is -2.28. The van der Waals surface area contributed by atoms with Crippen LogP contribution in [-0.4, -0.2) is 24.2 Å². The van der Waals surface area contributed by atoms with E-state index in [-0.39, 0.29) is 5.56 Å². The second kappa shape index (κ2) is 4.58. The Morgan fingerprint density at radius 1 is 1.38 bits per heavy atom. The summed E-state index contributed by atoms with van der Waals surface area (Å²) < 4.78 is 0. The minimum atomic E-state index is -0.977. The molecule has 16 heavy (non-hydrogen) atoms. The van der Waals surface area contributed by atoms with E-state index in [0.29, 0.717) is 10.7 Å². The molecule has 0 saturated heterocycles. The molecule has 0 spiro atoms. The zero-order valence-electron chi connectivity index (χ0n) is 8.69. The predicted molar refractivity (Wildman–Crippen MR) is 64.4 cm³/mol. The second-order valence-electron chi connectivity index (χ2n) is 3.65. The number of benzene rings is 1. The molecule has 2 rings (SSSR count). The number of carbonyl (C=O) groups is 1. The third kappa shape index (κ3) is 2.04. The molecular weight excluding hydrogens is 226 g/mol. The Labute approximate surface area is 98.9 Å². The highest BCUT2D eigenvalue weighted by molar-refractivity contribution is 6.34. The quantitative estimate of drug-likeness (QED) is 0.805. The molecule has 3 nitrogen and oxygen atoms in total. The third-order valence-electron chi connectivity index (χ3n) is 2.60. The van der Waals surface area contributed by atoms with Gasteiger partial charge in [-0.15, -0.1) is 0 Å². The van der Waals surface area contributed by atoms with Gasteiger partial charge < -0.3 is 10.0 Å². The highest BCUT2D eigenvalue weighted by Crippen LogP contribution is 2.28. The van der Waals surface area contributed by atoms with E-state index in [4.69, 9.17) is 16.7 Å². The summed E-state index contributed by atoms with van der Waals surface area (Å²) in [5.74, 6) is -0.977. The lowest BCUT2D eigenvalue weighted by Gasteiger charge is -2.27. The molecule has 1 aromatic rings. The number of anilines is 1. The Hall–Kier alpha value is -1.48. The van der Waals surface area contributed by atoms with Crippen LogP contribution in [0.5, 0.6) is 0 Å². The van der Waals surface area contributed by atoms with Crippen molar-refractivity contribution in [3.63, 3.8) is 0 Å². The molecule has 0 aliphatic carbocycles. The van der Waals surface area contributed by atoms with Crippen molar-refractivity contribution >= 4 is 23.3 Å². The highest BCUT2D eigenvalue weighted by atomic mass is 35.5. The van der Waals surface area contributed by atoms with E-state index in [1.54, 1.807) is 18.2 Å². The van der Waals surface area contributed by atoms with Gasteiger partial charge in [-0.05, 0) is 18.6 Å². The summed E-state index contributed by atoms with van der Waals surface area (Å²) in [6.45, 7) is 1.57. The lowest BCUT2D eigenvalue weighted by molar-refractivity contribution is 0.0697. The van der Waals surface area contributed by atoms with Crippen LogP contribution in [0.3, 0.4) is 0 Å². The van der Waals surface area contributed by atoms with Gasteiger partial charge in [-0.25, -0.2) is 4.79 Å². The van der Waals surface area contributed by atoms with Crippen LogP contribution in [0.4, 0.5) is 5.69 Å². The molecule has 0 bridgehead atoms. The van der Waals surface area contributed by atoms with Crippen LogP contribution >= 0.6 is 11.6 Å². The van der Waals surface area contributed by atoms with Crippen molar-refractivity contribution in [2.24, 2.45) is 0 Å². The van der Waals surface area contributed by atoms with E-state index in [9.17, 15) is 4.79 Å². The van der Waals surface area contributed by atoms with Crippen molar-refractivity contribution in [1.29, 1.82) is 0 Å². The van der Waals surface area contributed by atoms with Gasteiger partial charge in [0.05, 0.1) is 10.7 Å². The van der Waals surface area contributed by atoms with E-state index in [1.165, 1.54) is 0 Å². The number of rotatable bonds is 2. The van der Waals surface area contributed by atoms with Gasteiger partial charge in [0.2, 0.25) is 0 Å². The molecule has 0 fully saturated rings. The van der Waals surface area contributed by atoms with Gasteiger partial charge in [0, 0.05) is 13.1 Å². The minimum absolute atomic E-state index is 0.194. The molecule has 1 aliphatic rings. The number of nitrogens with zero attached hydrogens (tertiary/aromatic N) is 1. The maximum absolute atomic E-state index is 11.2. The van der Waals surface area contributed by atoms with Crippen molar-refractivity contribution in [2.75, 3.05) is 18.0 Å². The normalized spacial score (nSPS) is 15.2. The first kappa shape index (κ1) is 11.0. The summed E-state index contributed by atoms with van der Waals surface area (Å²) in [6, 6.07) is 5.19. The van der Waals surface area contributed by atoms with Gasteiger partial charge >= 0.3 is 5.97 Å². The Morgan fingerprint density at radius 3 is 2.81 bits per heavy atom. The Kier molecular flexibility index (Phi) is 3.15. The van der Waals surface area contributed by atoms with E-state index in [0.717, 1.165) is 19.5 Å². The lowest BCUT2D eigenvalue weighted by atomic mass is 10.1. The van der Waals surface area contributed by atoms with Crippen molar-refractivity contribution in [1.82, 2.24) is 0 Å². The maximum Gasteiger partial charge on any atom is 0.339 e. The summed E-state index contributed by atoms with van der Waals surface area (Å²) in [5.41, 5.74) is 0.892. The number of halogens is 1. The van der Waals surface area contributed by atoms with Crippen molar-refractivity contribution in [2.45, 2.75) is 6.42 Å². The molecule has 0 radical (unpaired) electrons. The molecule has 1 heterocycles. The number of hydrogen-bond acceptors (Lipinski definition) is 2. The Balaban J connectivity index is 2.43. The van der Waals surface area contributed by atoms with Gasteiger partial charge in [-0.1, -0.05) is 29.8 Å². The topological polar surface area (TPSA) is 40.5 Å². The molecule has 1 aromatic carbocycles. The Bertz CT molecular complexity index is 443. The van der Waals surface area contributed by atoms with Gasteiger partial charge in [0.25, 0.3) is 0 Å². The molecule has 0 aromatic heterocycles. The van der Waals surface area contributed by atoms with Crippen LogP contribution in [0.2, 0.25) is 5.02 Å². The first-order valence-electron chi connectivity index (χ1n) is 5.12. The zero-order chi connectivity index (χ0) is 11.5. The molecule has 0 saturated carbocycles. The van der Waals surface area contributed by atoms with Crippen LogP contribution in [0, 0.1) is 0 Å². The van der Waals surface area contributed by atoms with Crippen molar-refractivity contribution in [3.8, 4) is 0 Å². The molecule has 1 aliphatic heterocycles. The first-order chi connectivity index (χ1) is 7.70. The molecule has 4 heteroatoms. The fraction of sp³-hybridized carbons (Fsp3) is 0.250. The van der Waals surface area contributed by atoms with Gasteiger partial charge in [0.15, 0.2) is 0 Å². The Morgan fingerprint density at radius 2 is 2.19 bits per heavy atom. The number of hydrogen-bond donors (Lipinski definition) is 1. The number of aromatic carboxylic acids is 1. The SMILES string of the molecule is O=C(O)c1c(Cl)cccc1N1CC=CCC1. The van der Waals surface area contributed by atoms with Crippen molar-refractivity contribution < 1.29 is 9.90 Å². The molecular formula is C12H12ClNO2. The van der Waals surface area contributed by atoms with Crippen LogP contribution in [-0.2, 0) is 0 Å². The summed E-state index contributed by atoms with van der Waals surface area (Å²) in [4.78, 5) is 13.2. The fourth-order valence-corrected chi connectivity index (χ4v) is 2.10. The monoisotopic (exact) mass is 237 g/mol. The molecule has 84 valence electrons. The predicted octanol–water partition coefficient (Wildman–Crippen LogP) is 2.80. The van der Waals surface area contributed by atoms with E-state index < -0.39 is 5.97 Å². The highest BCUT2D eigenvalue weighted by Gasteiger charge is 2.18. The minimum Gasteiger partial charge on any atom is -0.478 e. The van der Waals surface area contributed by atoms with E-state index >= 15 is 0 Å². The van der Waals surface area contributed by atoms with Crippen LogP contribution < -0.4 is 4.90 Å². The summed E-state index contributed by atoms with van der Waals surface area (Å²) in [7, 11) is 0. The van der Waals surface area contributed by atoms with Gasteiger partial charge in [0.1, 0.15) is 5.56 Å². The summed E-state index contributed by atoms with van der Waals surface area (Å²) in [6.07, 6.45) is 5.07. The molecule has 0 atom stereocenters. The second-order valence-corrected chi connectivity index (χ2v) is 4.05. The van der Waals surface area contributed by atoms with E-state index in [2.05, 4.69) is 6.08 Å². The standard InChI is InChI=1S/C12H12ClNO2/c13-9-5-4-6-10(11(9)12(15)16)14-7-2-1-3-8-14/h1-2,4-6H,3,7-8H2,(H,15,16). The third-order valence-corrected chi connectivity index (χ3v) is 2.92. The average Bonchev–Trinajstić information content (AvgIpc) is 2.29. The molecule has 0 amide bonds. The summed E-state index contributed by atoms with van der Waals surface area (Å²) >= 11 is 5.92. The van der Waals surface area contributed by atoms with Crippen LogP contribution in [0.1, 0.15) is 16.8 Å². The number of carboxylic acids is 1. The largest absolute Gasteiger partial charge is 0.478 e. The van der Waals surface area contributed by atoms with Crippen molar-refractivity contribution in [3.05, 3.63) is 40.9 Å². The molecule has 1 N–H and O–H groups in total. The smallest absolute Gasteiger partial charge is 0.339 e. The zero-order valence-corrected chi connectivity index (χ0v) is 9.44. The van der Waals surface area contributed by atoms with E-state index in [1.807, 2.05) is 11.0 Å². The average molecular weight is 238 g/mol. The molecule has 0 unspecified atom stereocenters. The first-order valence-corrected chi connectivity index (χ1v) is 5.49. The van der Waals surface area contributed by atoms with Gasteiger partial charge in [-0.2, -0.15) is 0 Å². The van der Waals surface area contributed by atoms with Crippen LogP contribution in [0.15, 0.2) is 30.4 Å². The summed E-state index contributed by atoms with van der Waals surface area (Å²) in [5, 5.41) is 9.44.